The van der Waals surface area contributed by atoms with E-state index in [9.17, 15) is 4.79 Å². The average molecular weight is 309 g/mol. The van der Waals surface area contributed by atoms with Crippen molar-refractivity contribution >= 4 is 28.2 Å². The Morgan fingerprint density at radius 2 is 2.33 bits per heavy atom. The third-order valence-electron chi connectivity index (χ3n) is 4.71. The van der Waals surface area contributed by atoms with E-state index in [1.807, 2.05) is 0 Å². The molecule has 0 spiro atoms. The summed E-state index contributed by atoms with van der Waals surface area (Å²) in [4.78, 5) is 19.5. The minimum absolute atomic E-state index is 0.0241. The lowest BCUT2D eigenvalue weighted by molar-refractivity contribution is 0.0825. The Hall–Kier alpha value is -1.34. The van der Waals surface area contributed by atoms with E-state index in [0.717, 1.165) is 43.9 Å². The summed E-state index contributed by atoms with van der Waals surface area (Å²) in [7, 11) is 0. The van der Waals surface area contributed by atoms with Crippen molar-refractivity contribution in [3.05, 3.63) is 4.88 Å². The van der Waals surface area contributed by atoms with Crippen molar-refractivity contribution in [3.63, 3.8) is 0 Å². The summed E-state index contributed by atoms with van der Waals surface area (Å²) < 4.78 is 0. The van der Waals surface area contributed by atoms with Crippen LogP contribution >= 0.6 is 11.3 Å². The lowest BCUT2D eigenvalue weighted by atomic mass is 9.75. The predicted octanol–water partition coefficient (Wildman–Crippen LogP) is 1.33. The van der Waals surface area contributed by atoms with Crippen LogP contribution in [0.1, 0.15) is 48.7 Å². The average Bonchev–Trinajstić information content (AvgIpc) is 3.00. The van der Waals surface area contributed by atoms with Crippen LogP contribution in [0.3, 0.4) is 0 Å². The molecule has 5 N–H and O–H groups in total. The molecule has 116 valence electrons. The van der Waals surface area contributed by atoms with Crippen LogP contribution in [0.25, 0.3) is 0 Å². The number of hydrogen-bond donors (Lipinski definition) is 3. The second-order valence-electron chi connectivity index (χ2n) is 6.15. The van der Waals surface area contributed by atoms with Crippen LogP contribution in [0.15, 0.2) is 0 Å². The Morgan fingerprint density at radius 3 is 2.86 bits per heavy atom. The molecule has 21 heavy (non-hydrogen) atoms. The van der Waals surface area contributed by atoms with Crippen molar-refractivity contribution in [2.24, 2.45) is 5.73 Å². The number of amides is 1. The molecule has 0 aromatic carbocycles. The van der Waals surface area contributed by atoms with Crippen molar-refractivity contribution in [1.82, 2.24) is 10.3 Å². The second kappa shape index (κ2) is 5.46. The van der Waals surface area contributed by atoms with Gasteiger partial charge in [0.2, 0.25) is 0 Å². The topological polar surface area (TPSA) is 97.3 Å². The summed E-state index contributed by atoms with van der Waals surface area (Å²) in [5.41, 5.74) is 11.8. The van der Waals surface area contributed by atoms with Gasteiger partial charge in [0, 0.05) is 24.7 Å². The van der Waals surface area contributed by atoms with Crippen LogP contribution in [-0.4, -0.2) is 35.6 Å². The minimum Gasteiger partial charge on any atom is -0.382 e. The van der Waals surface area contributed by atoms with E-state index in [4.69, 9.17) is 11.5 Å². The van der Waals surface area contributed by atoms with Crippen molar-refractivity contribution in [2.45, 2.75) is 50.6 Å². The van der Waals surface area contributed by atoms with Gasteiger partial charge in [-0.1, -0.05) is 18.3 Å². The van der Waals surface area contributed by atoms with E-state index >= 15 is 0 Å². The van der Waals surface area contributed by atoms with Crippen molar-refractivity contribution < 1.29 is 4.79 Å². The molecule has 1 unspecified atom stereocenters. The first-order chi connectivity index (χ1) is 10.0. The van der Waals surface area contributed by atoms with Gasteiger partial charge in [-0.3, -0.25) is 4.79 Å². The van der Waals surface area contributed by atoms with Gasteiger partial charge in [0.05, 0.1) is 0 Å². The number of carbonyl (C=O) groups is 1. The summed E-state index contributed by atoms with van der Waals surface area (Å²) in [5, 5.41) is 3.97. The summed E-state index contributed by atoms with van der Waals surface area (Å²) in [6.07, 6.45) is 5.22. The standard InChI is InChI=1S/C14H23N5OS/c1-2-14(5-3-6-14)18-12(20)10-11(16)17-13(21-10)19-7-4-9(15)8-19/h9H,2-8,15-16H2,1H3,(H,18,20). The molecule has 2 heterocycles. The largest absolute Gasteiger partial charge is 0.382 e. The van der Waals surface area contributed by atoms with Gasteiger partial charge < -0.3 is 21.7 Å². The third kappa shape index (κ3) is 2.72. The molecule has 1 atom stereocenters. The first-order valence-corrected chi connectivity index (χ1v) is 8.44. The van der Waals surface area contributed by atoms with Crippen LogP contribution in [0.2, 0.25) is 0 Å². The molecule has 7 heteroatoms. The molecule has 1 aromatic heterocycles. The summed E-state index contributed by atoms with van der Waals surface area (Å²) in [6, 6.07) is 0.186. The highest BCUT2D eigenvalue weighted by Crippen LogP contribution is 2.36. The van der Waals surface area contributed by atoms with Crippen molar-refractivity contribution in [2.75, 3.05) is 23.7 Å². The second-order valence-corrected chi connectivity index (χ2v) is 7.12. The summed E-state index contributed by atoms with van der Waals surface area (Å²) >= 11 is 1.37. The molecular formula is C14H23N5OS. The number of carbonyl (C=O) groups excluding carboxylic acids is 1. The maximum atomic E-state index is 12.5. The molecule has 1 saturated carbocycles. The number of nitrogen functional groups attached to an aromatic ring is 1. The van der Waals surface area contributed by atoms with Crippen molar-refractivity contribution in [3.8, 4) is 0 Å². The number of nitrogens with one attached hydrogen (secondary N) is 1. The summed E-state index contributed by atoms with van der Waals surface area (Å²) in [6.45, 7) is 3.79. The first-order valence-electron chi connectivity index (χ1n) is 7.62. The number of nitrogens with two attached hydrogens (primary N) is 2. The van der Waals surface area contributed by atoms with Gasteiger partial charge in [0.15, 0.2) is 5.13 Å². The molecule has 3 rings (SSSR count). The minimum atomic E-state index is -0.0821. The van der Waals surface area contributed by atoms with Crippen LogP contribution in [0.5, 0.6) is 0 Å². The number of hydrogen-bond acceptors (Lipinski definition) is 6. The highest BCUT2D eigenvalue weighted by Gasteiger charge is 2.37. The van der Waals surface area contributed by atoms with E-state index in [-0.39, 0.29) is 17.5 Å². The number of thiazole rings is 1. The molecule has 6 nitrogen and oxygen atoms in total. The normalized spacial score (nSPS) is 23.9. The number of aromatic nitrogens is 1. The van der Waals surface area contributed by atoms with Crippen LogP contribution < -0.4 is 21.7 Å². The maximum absolute atomic E-state index is 12.5. The molecule has 0 bridgehead atoms. The monoisotopic (exact) mass is 309 g/mol. The molecular weight excluding hydrogens is 286 g/mol. The number of anilines is 2. The highest BCUT2D eigenvalue weighted by atomic mass is 32.1. The Balaban J connectivity index is 1.73. The summed E-state index contributed by atoms with van der Waals surface area (Å²) in [5.74, 6) is 0.250. The molecule has 1 amide bonds. The molecule has 1 aromatic rings. The fraction of sp³-hybridized carbons (Fsp3) is 0.714. The molecule has 1 aliphatic heterocycles. The molecule has 1 saturated heterocycles. The lowest BCUT2D eigenvalue weighted by Gasteiger charge is -2.41. The first kappa shape index (κ1) is 14.6. The van der Waals surface area contributed by atoms with Gasteiger partial charge in [-0.05, 0) is 32.1 Å². The molecule has 1 aliphatic carbocycles. The molecule has 2 fully saturated rings. The van der Waals surface area contributed by atoms with Crippen LogP contribution in [0, 0.1) is 0 Å². The van der Waals surface area contributed by atoms with Gasteiger partial charge >= 0.3 is 0 Å². The zero-order chi connectivity index (χ0) is 15.0. The Labute approximate surface area is 128 Å². The van der Waals surface area contributed by atoms with E-state index in [0.29, 0.717) is 10.7 Å². The van der Waals surface area contributed by atoms with E-state index in [1.54, 1.807) is 0 Å². The fourth-order valence-corrected chi connectivity index (χ4v) is 3.96. The van der Waals surface area contributed by atoms with Gasteiger partial charge in [-0.2, -0.15) is 0 Å². The van der Waals surface area contributed by atoms with E-state index in [1.165, 1.54) is 17.8 Å². The third-order valence-corrected chi connectivity index (χ3v) is 5.84. The maximum Gasteiger partial charge on any atom is 0.265 e. The SMILES string of the molecule is CCC1(NC(=O)c2sc(N3CCC(N)C3)nc2N)CCC1. The number of nitrogens with zero attached hydrogens (tertiary/aromatic N) is 2. The van der Waals surface area contributed by atoms with Gasteiger partial charge in [0.25, 0.3) is 5.91 Å². The zero-order valence-corrected chi connectivity index (χ0v) is 13.2. The Kier molecular flexibility index (Phi) is 3.79. The Bertz CT molecular complexity index is 534. The smallest absolute Gasteiger partial charge is 0.265 e. The van der Waals surface area contributed by atoms with Gasteiger partial charge in [0.1, 0.15) is 10.7 Å². The Morgan fingerprint density at radius 1 is 1.57 bits per heavy atom. The number of rotatable bonds is 4. The van der Waals surface area contributed by atoms with E-state index in [2.05, 4.69) is 22.1 Å². The fourth-order valence-electron chi connectivity index (χ4n) is 3.05. The van der Waals surface area contributed by atoms with Crippen LogP contribution in [0.4, 0.5) is 10.9 Å². The van der Waals surface area contributed by atoms with Gasteiger partial charge in [-0.25, -0.2) is 4.98 Å². The van der Waals surface area contributed by atoms with Crippen molar-refractivity contribution in [1.29, 1.82) is 0 Å². The zero-order valence-electron chi connectivity index (χ0n) is 12.4. The van der Waals surface area contributed by atoms with Gasteiger partial charge in [-0.15, -0.1) is 0 Å². The van der Waals surface area contributed by atoms with E-state index < -0.39 is 0 Å². The molecule has 2 aliphatic rings. The van der Waals surface area contributed by atoms with Crippen LogP contribution in [-0.2, 0) is 0 Å². The quantitative estimate of drug-likeness (QED) is 0.779. The highest BCUT2D eigenvalue weighted by molar-refractivity contribution is 7.18. The molecule has 0 radical (unpaired) electrons. The lowest BCUT2D eigenvalue weighted by Crippen LogP contribution is -2.52. The predicted molar refractivity (Wildman–Crippen MR) is 85.7 cm³/mol.